The van der Waals surface area contributed by atoms with Crippen molar-refractivity contribution >= 4 is 38.9 Å². The minimum Gasteiger partial charge on any atom is -0.467 e. The molecule has 0 radical (unpaired) electrons. The molecular formula is C19H19BrN2OS. The standard InChI is InChI=1S/C19H19BrN2OS/c1-3-12-5-4-6-14(9-12)22-18(24)21-16-11-19(22,2)23-17-8-7-13(20)10-15(16)17/h4-10,16H,3,11H2,1-2H3,(H,21,24)/t16-,19+/m0/s1. The normalized spacial score (nSPS) is 24.9. The molecule has 0 aromatic heterocycles. The van der Waals surface area contributed by atoms with Crippen LogP contribution in [0, 0.1) is 0 Å². The SMILES string of the molecule is CCc1cccc(N2C(=S)N[C@H]3C[C@@]2(C)Oc2ccc(Br)cc23)c1. The van der Waals surface area contributed by atoms with E-state index in [0.29, 0.717) is 5.11 Å². The molecule has 2 aliphatic rings. The van der Waals surface area contributed by atoms with Crippen LogP contribution in [0.15, 0.2) is 46.9 Å². The highest BCUT2D eigenvalue weighted by atomic mass is 79.9. The molecule has 5 heteroatoms. The van der Waals surface area contributed by atoms with E-state index in [1.165, 1.54) is 5.56 Å². The molecule has 1 fully saturated rings. The number of ether oxygens (including phenoxy) is 1. The highest BCUT2D eigenvalue weighted by Gasteiger charge is 2.48. The monoisotopic (exact) mass is 402 g/mol. The number of benzene rings is 2. The fraction of sp³-hybridized carbons (Fsp3) is 0.316. The summed E-state index contributed by atoms with van der Waals surface area (Å²) in [6.07, 6.45) is 1.84. The second-order valence-corrected chi connectivity index (χ2v) is 7.83. The van der Waals surface area contributed by atoms with Gasteiger partial charge in [0.1, 0.15) is 5.75 Å². The van der Waals surface area contributed by atoms with Gasteiger partial charge in [-0.3, -0.25) is 4.90 Å². The summed E-state index contributed by atoms with van der Waals surface area (Å²) in [7, 11) is 0. The lowest BCUT2D eigenvalue weighted by Crippen LogP contribution is -2.65. The van der Waals surface area contributed by atoms with Crippen molar-refractivity contribution in [2.24, 2.45) is 0 Å². The number of anilines is 1. The van der Waals surface area contributed by atoms with Crippen LogP contribution in [0.4, 0.5) is 5.69 Å². The summed E-state index contributed by atoms with van der Waals surface area (Å²) < 4.78 is 7.49. The molecule has 4 rings (SSSR count). The third-order valence-electron chi connectivity index (χ3n) is 4.81. The average molecular weight is 403 g/mol. The van der Waals surface area contributed by atoms with Gasteiger partial charge in [0.15, 0.2) is 10.8 Å². The summed E-state index contributed by atoms with van der Waals surface area (Å²) >= 11 is 9.25. The number of hydrogen-bond acceptors (Lipinski definition) is 2. The fourth-order valence-corrected chi connectivity index (χ4v) is 4.47. The highest BCUT2D eigenvalue weighted by molar-refractivity contribution is 9.10. The molecule has 0 saturated carbocycles. The number of nitrogens with zero attached hydrogens (tertiary/aromatic N) is 1. The van der Waals surface area contributed by atoms with E-state index in [1.807, 2.05) is 12.1 Å². The molecule has 0 amide bonds. The van der Waals surface area contributed by atoms with Gasteiger partial charge >= 0.3 is 0 Å². The molecule has 124 valence electrons. The minimum atomic E-state index is -0.486. The van der Waals surface area contributed by atoms with Crippen molar-refractivity contribution in [2.45, 2.75) is 38.5 Å². The van der Waals surface area contributed by atoms with E-state index in [9.17, 15) is 0 Å². The quantitative estimate of drug-likeness (QED) is 0.718. The predicted molar refractivity (Wildman–Crippen MR) is 105 cm³/mol. The Labute approximate surface area is 156 Å². The van der Waals surface area contributed by atoms with Crippen LogP contribution in [0.3, 0.4) is 0 Å². The zero-order chi connectivity index (χ0) is 16.9. The Balaban J connectivity index is 1.79. The third-order valence-corrected chi connectivity index (χ3v) is 5.60. The van der Waals surface area contributed by atoms with Gasteiger partial charge in [0.2, 0.25) is 0 Å². The number of rotatable bonds is 2. The number of nitrogens with one attached hydrogen (secondary N) is 1. The van der Waals surface area contributed by atoms with Gasteiger partial charge in [-0.1, -0.05) is 35.0 Å². The highest BCUT2D eigenvalue weighted by Crippen LogP contribution is 2.46. The smallest absolute Gasteiger partial charge is 0.188 e. The largest absolute Gasteiger partial charge is 0.467 e. The van der Waals surface area contributed by atoms with E-state index >= 15 is 0 Å². The van der Waals surface area contributed by atoms with Crippen LogP contribution < -0.4 is 15.0 Å². The van der Waals surface area contributed by atoms with Gasteiger partial charge in [-0.15, -0.1) is 0 Å². The first-order chi connectivity index (χ1) is 11.5. The van der Waals surface area contributed by atoms with Crippen molar-refractivity contribution in [3.05, 3.63) is 58.1 Å². The lowest BCUT2D eigenvalue weighted by atomic mass is 9.90. The molecule has 2 bridgehead atoms. The van der Waals surface area contributed by atoms with Crippen LogP contribution in [0.5, 0.6) is 5.75 Å². The Kier molecular flexibility index (Phi) is 3.81. The van der Waals surface area contributed by atoms with Crippen molar-refractivity contribution in [1.82, 2.24) is 5.32 Å². The van der Waals surface area contributed by atoms with Gasteiger partial charge in [-0.25, -0.2) is 0 Å². The second-order valence-electron chi connectivity index (χ2n) is 6.52. The molecule has 3 nitrogen and oxygen atoms in total. The molecule has 0 spiro atoms. The first kappa shape index (κ1) is 15.9. The van der Waals surface area contributed by atoms with Crippen LogP contribution in [0.25, 0.3) is 0 Å². The van der Waals surface area contributed by atoms with Crippen LogP contribution in [-0.4, -0.2) is 10.8 Å². The van der Waals surface area contributed by atoms with Gasteiger partial charge in [-0.05, 0) is 61.5 Å². The van der Waals surface area contributed by atoms with Crippen molar-refractivity contribution in [1.29, 1.82) is 0 Å². The molecule has 24 heavy (non-hydrogen) atoms. The van der Waals surface area contributed by atoms with Crippen molar-refractivity contribution < 1.29 is 4.74 Å². The Morgan fingerprint density at radius 1 is 1.33 bits per heavy atom. The zero-order valence-corrected chi connectivity index (χ0v) is 16.1. The first-order valence-electron chi connectivity index (χ1n) is 8.18. The van der Waals surface area contributed by atoms with Gasteiger partial charge in [0.25, 0.3) is 0 Å². The van der Waals surface area contributed by atoms with Gasteiger partial charge < -0.3 is 10.1 Å². The van der Waals surface area contributed by atoms with E-state index in [0.717, 1.165) is 34.3 Å². The molecule has 2 aromatic rings. The van der Waals surface area contributed by atoms with Crippen molar-refractivity contribution in [3.8, 4) is 5.75 Å². The molecule has 0 aliphatic carbocycles. The molecule has 2 aromatic carbocycles. The molecule has 2 heterocycles. The fourth-order valence-electron chi connectivity index (χ4n) is 3.65. The number of aryl methyl sites for hydroxylation is 1. The van der Waals surface area contributed by atoms with Gasteiger partial charge in [-0.2, -0.15) is 0 Å². The van der Waals surface area contributed by atoms with E-state index in [4.69, 9.17) is 17.0 Å². The Morgan fingerprint density at radius 3 is 2.96 bits per heavy atom. The summed E-state index contributed by atoms with van der Waals surface area (Å²) in [5, 5.41) is 4.21. The predicted octanol–water partition coefficient (Wildman–Crippen LogP) is 4.95. The summed E-state index contributed by atoms with van der Waals surface area (Å²) in [5.41, 5.74) is 3.04. The lowest BCUT2D eigenvalue weighted by molar-refractivity contribution is 0.0497. The zero-order valence-electron chi connectivity index (χ0n) is 13.7. The maximum Gasteiger partial charge on any atom is 0.188 e. The minimum absolute atomic E-state index is 0.175. The topological polar surface area (TPSA) is 24.5 Å². The second kappa shape index (κ2) is 5.74. The third kappa shape index (κ3) is 2.50. The summed E-state index contributed by atoms with van der Waals surface area (Å²) in [6.45, 7) is 4.28. The number of fused-ring (bicyclic) bond motifs is 4. The van der Waals surface area contributed by atoms with E-state index in [-0.39, 0.29) is 6.04 Å². The lowest BCUT2D eigenvalue weighted by Gasteiger charge is -2.52. The van der Waals surface area contributed by atoms with E-state index in [1.54, 1.807) is 0 Å². The summed E-state index contributed by atoms with van der Waals surface area (Å²) in [5.74, 6) is 0.920. The van der Waals surface area contributed by atoms with Crippen LogP contribution >= 0.6 is 28.1 Å². The van der Waals surface area contributed by atoms with E-state index in [2.05, 4.69) is 70.3 Å². The summed E-state index contributed by atoms with van der Waals surface area (Å²) in [6, 6.07) is 14.9. The average Bonchev–Trinajstić information content (AvgIpc) is 2.55. The maximum absolute atomic E-state index is 6.43. The molecular weight excluding hydrogens is 384 g/mol. The summed E-state index contributed by atoms with van der Waals surface area (Å²) in [4.78, 5) is 2.11. The number of thiocarbonyl (C=S) groups is 1. The Morgan fingerprint density at radius 2 is 2.17 bits per heavy atom. The molecule has 1 N–H and O–H groups in total. The van der Waals surface area contributed by atoms with Crippen molar-refractivity contribution in [2.75, 3.05) is 4.90 Å². The van der Waals surface area contributed by atoms with Crippen LogP contribution in [0.2, 0.25) is 0 Å². The van der Waals surface area contributed by atoms with Gasteiger partial charge in [0.05, 0.1) is 6.04 Å². The number of hydrogen-bond donors (Lipinski definition) is 1. The number of halogens is 1. The van der Waals surface area contributed by atoms with E-state index < -0.39 is 5.72 Å². The molecule has 2 aliphatic heterocycles. The Hall–Kier alpha value is -1.59. The van der Waals surface area contributed by atoms with Gasteiger partial charge in [0, 0.05) is 22.1 Å². The first-order valence-corrected chi connectivity index (χ1v) is 9.38. The molecule has 0 unspecified atom stereocenters. The molecule has 2 atom stereocenters. The van der Waals surface area contributed by atoms with Crippen LogP contribution in [0.1, 0.15) is 37.4 Å². The maximum atomic E-state index is 6.43. The van der Waals surface area contributed by atoms with Crippen LogP contribution in [-0.2, 0) is 6.42 Å². The van der Waals surface area contributed by atoms with Crippen molar-refractivity contribution in [3.63, 3.8) is 0 Å². The molecule has 1 saturated heterocycles. The Bertz CT molecular complexity index is 825.